The zero-order valence-corrected chi connectivity index (χ0v) is 21.0. The lowest BCUT2D eigenvalue weighted by Crippen LogP contribution is -2.47. The highest BCUT2D eigenvalue weighted by atomic mass is 16.2. The van der Waals surface area contributed by atoms with E-state index < -0.39 is 5.41 Å². The Balaban J connectivity index is 1.36. The van der Waals surface area contributed by atoms with Crippen LogP contribution in [0.25, 0.3) is 0 Å². The highest BCUT2D eigenvalue weighted by Crippen LogP contribution is 2.52. The van der Waals surface area contributed by atoms with E-state index in [1.54, 1.807) is 24.5 Å². The molecule has 182 valence electrons. The first-order chi connectivity index (χ1) is 16.2. The van der Waals surface area contributed by atoms with Crippen molar-refractivity contribution >= 4 is 17.5 Å². The summed E-state index contributed by atoms with van der Waals surface area (Å²) < 4.78 is 0. The summed E-state index contributed by atoms with van der Waals surface area (Å²) in [5.74, 6) is 0.207. The molecule has 1 aromatic carbocycles. The van der Waals surface area contributed by atoms with Crippen LogP contribution in [0.5, 0.6) is 0 Å². The number of hydrogen-bond donors (Lipinski definition) is 1. The van der Waals surface area contributed by atoms with Gasteiger partial charge >= 0.3 is 0 Å². The van der Waals surface area contributed by atoms with Crippen molar-refractivity contribution in [1.82, 2.24) is 14.8 Å². The van der Waals surface area contributed by atoms with Crippen LogP contribution in [0.4, 0.5) is 5.69 Å². The van der Waals surface area contributed by atoms with E-state index in [1.165, 1.54) is 5.56 Å². The lowest BCUT2D eigenvalue weighted by Gasteiger charge is -2.49. The molecule has 1 aliphatic carbocycles. The first-order valence-corrected chi connectivity index (χ1v) is 12.4. The number of anilines is 1. The van der Waals surface area contributed by atoms with E-state index >= 15 is 0 Å². The number of likely N-dealkylation sites (tertiary alicyclic amines) is 1. The molecule has 34 heavy (non-hydrogen) atoms. The summed E-state index contributed by atoms with van der Waals surface area (Å²) in [6.45, 7) is 5.33. The second kappa shape index (κ2) is 9.49. The third-order valence-electron chi connectivity index (χ3n) is 8.27. The number of carbonyl (C=O) groups is 2. The van der Waals surface area contributed by atoms with Crippen LogP contribution in [0.3, 0.4) is 0 Å². The Hall–Kier alpha value is -2.73. The van der Waals surface area contributed by atoms with Gasteiger partial charge in [0.05, 0.1) is 0 Å². The fourth-order valence-corrected chi connectivity index (χ4v) is 5.72. The lowest BCUT2D eigenvalue weighted by atomic mass is 9.64. The average Bonchev–Trinajstić information content (AvgIpc) is 3.14. The van der Waals surface area contributed by atoms with Gasteiger partial charge in [0.15, 0.2) is 0 Å². The van der Waals surface area contributed by atoms with E-state index in [4.69, 9.17) is 0 Å². The predicted molar refractivity (Wildman–Crippen MR) is 135 cm³/mol. The largest absolute Gasteiger partial charge is 0.342 e. The molecule has 0 bridgehead atoms. The normalized spacial score (nSPS) is 25.2. The van der Waals surface area contributed by atoms with Crippen LogP contribution in [0, 0.1) is 10.8 Å². The highest BCUT2D eigenvalue weighted by molar-refractivity contribution is 5.94. The van der Waals surface area contributed by atoms with E-state index in [0.29, 0.717) is 19.4 Å². The quantitative estimate of drug-likeness (QED) is 0.649. The van der Waals surface area contributed by atoms with Gasteiger partial charge in [-0.15, -0.1) is 0 Å². The monoisotopic (exact) mass is 462 g/mol. The summed E-state index contributed by atoms with van der Waals surface area (Å²) in [6.07, 6.45) is 8.82. The molecule has 2 fully saturated rings. The van der Waals surface area contributed by atoms with Gasteiger partial charge in [0.2, 0.25) is 11.8 Å². The number of aromatic nitrogens is 1. The maximum atomic E-state index is 13.0. The zero-order valence-electron chi connectivity index (χ0n) is 21.0. The molecular formula is C28H38N4O2. The molecule has 0 unspecified atom stereocenters. The predicted octanol–water partition coefficient (Wildman–Crippen LogP) is 4.69. The molecule has 1 saturated carbocycles. The Morgan fingerprint density at radius 3 is 2.32 bits per heavy atom. The van der Waals surface area contributed by atoms with Crippen LogP contribution in [-0.2, 0) is 15.1 Å². The smallest absolute Gasteiger partial charge is 0.230 e. The number of pyridine rings is 1. The number of nitrogens with zero attached hydrogens (tertiary/aromatic N) is 3. The van der Waals surface area contributed by atoms with Crippen LogP contribution < -0.4 is 5.32 Å². The standard InChI is InChI=1S/C28H38N4O2/c1-26(2,25(34)30-23-10-17-29-18-11-23)16-19-32-21-27(20-24(32)33)12-14-28(15-13-27,31(3)4)22-8-6-5-7-9-22/h5-11,17-18H,12-16,19-21H2,1-4H3,(H,29,30,34)/t27-,28-. The summed E-state index contributed by atoms with van der Waals surface area (Å²) in [4.78, 5) is 34.2. The van der Waals surface area contributed by atoms with E-state index in [0.717, 1.165) is 37.9 Å². The Morgan fingerprint density at radius 1 is 1.06 bits per heavy atom. The summed E-state index contributed by atoms with van der Waals surface area (Å²) in [5, 5.41) is 2.97. The Bertz CT molecular complexity index is 996. The number of amides is 2. The molecule has 6 heteroatoms. The molecule has 6 nitrogen and oxygen atoms in total. The number of benzene rings is 1. The molecule has 2 aromatic rings. The van der Waals surface area contributed by atoms with Crippen LogP contribution in [0.2, 0.25) is 0 Å². The SMILES string of the molecule is CN(C)[C@]1(c2ccccc2)CC[C@@]2(CC1)CC(=O)N(CCC(C)(C)C(=O)Nc1ccncc1)C2. The van der Waals surface area contributed by atoms with E-state index in [2.05, 4.69) is 59.6 Å². The van der Waals surface area contributed by atoms with E-state index in [1.807, 2.05) is 18.7 Å². The van der Waals surface area contributed by atoms with Crippen molar-refractivity contribution in [3.63, 3.8) is 0 Å². The van der Waals surface area contributed by atoms with Gasteiger partial charge in [-0.1, -0.05) is 44.2 Å². The molecular weight excluding hydrogens is 424 g/mol. The van der Waals surface area contributed by atoms with Gasteiger partial charge in [0.1, 0.15) is 0 Å². The third-order valence-corrected chi connectivity index (χ3v) is 8.27. The van der Waals surface area contributed by atoms with Gasteiger partial charge in [-0.3, -0.25) is 19.5 Å². The van der Waals surface area contributed by atoms with Gasteiger partial charge in [-0.05, 0) is 69.3 Å². The van der Waals surface area contributed by atoms with Gasteiger partial charge in [0.25, 0.3) is 0 Å². The number of hydrogen-bond acceptors (Lipinski definition) is 4. The molecule has 2 amide bonds. The molecule has 1 aromatic heterocycles. The fraction of sp³-hybridized carbons (Fsp3) is 0.536. The van der Waals surface area contributed by atoms with Crippen molar-refractivity contribution in [2.45, 2.75) is 57.9 Å². The van der Waals surface area contributed by atoms with Crippen molar-refractivity contribution < 1.29 is 9.59 Å². The van der Waals surface area contributed by atoms with Crippen LogP contribution >= 0.6 is 0 Å². The summed E-state index contributed by atoms with van der Waals surface area (Å²) in [7, 11) is 4.35. The first-order valence-electron chi connectivity index (χ1n) is 12.4. The maximum Gasteiger partial charge on any atom is 0.230 e. The van der Waals surface area contributed by atoms with Crippen molar-refractivity contribution in [3.05, 3.63) is 60.4 Å². The molecule has 2 heterocycles. The fourth-order valence-electron chi connectivity index (χ4n) is 5.72. The minimum absolute atomic E-state index is 0.0312. The maximum absolute atomic E-state index is 13.0. The summed E-state index contributed by atoms with van der Waals surface area (Å²) in [6, 6.07) is 14.4. The molecule has 2 aliphatic rings. The lowest BCUT2D eigenvalue weighted by molar-refractivity contribution is -0.130. The highest BCUT2D eigenvalue weighted by Gasteiger charge is 2.50. The molecule has 1 N–H and O–H groups in total. The summed E-state index contributed by atoms with van der Waals surface area (Å²) >= 11 is 0. The van der Waals surface area contributed by atoms with Crippen molar-refractivity contribution in [2.75, 3.05) is 32.5 Å². The molecule has 1 spiro atoms. The first kappa shape index (κ1) is 24.4. The summed E-state index contributed by atoms with van der Waals surface area (Å²) in [5.41, 5.74) is 1.65. The number of rotatable bonds is 7. The molecule has 4 rings (SSSR count). The second-order valence-electron chi connectivity index (χ2n) is 11.1. The number of carbonyl (C=O) groups excluding carboxylic acids is 2. The van der Waals surface area contributed by atoms with Crippen LogP contribution in [0.1, 0.15) is 57.9 Å². The topological polar surface area (TPSA) is 65.5 Å². The van der Waals surface area contributed by atoms with Crippen molar-refractivity contribution in [2.24, 2.45) is 10.8 Å². The van der Waals surface area contributed by atoms with Crippen LogP contribution in [-0.4, -0.2) is 53.8 Å². The Kier molecular flexibility index (Phi) is 6.81. The third kappa shape index (κ3) is 4.88. The van der Waals surface area contributed by atoms with Gasteiger partial charge in [-0.25, -0.2) is 0 Å². The van der Waals surface area contributed by atoms with Gasteiger partial charge in [-0.2, -0.15) is 0 Å². The molecule has 0 radical (unpaired) electrons. The van der Waals surface area contributed by atoms with Gasteiger partial charge in [0, 0.05) is 48.5 Å². The van der Waals surface area contributed by atoms with E-state index in [-0.39, 0.29) is 22.8 Å². The van der Waals surface area contributed by atoms with E-state index in [9.17, 15) is 9.59 Å². The van der Waals surface area contributed by atoms with Crippen molar-refractivity contribution in [1.29, 1.82) is 0 Å². The molecule has 0 atom stereocenters. The van der Waals surface area contributed by atoms with Crippen LogP contribution in [0.15, 0.2) is 54.9 Å². The molecule has 1 saturated heterocycles. The Morgan fingerprint density at radius 2 is 1.71 bits per heavy atom. The minimum atomic E-state index is -0.570. The minimum Gasteiger partial charge on any atom is -0.342 e. The number of nitrogens with one attached hydrogen (secondary N) is 1. The molecule has 1 aliphatic heterocycles. The van der Waals surface area contributed by atoms with Crippen molar-refractivity contribution in [3.8, 4) is 0 Å². The second-order valence-corrected chi connectivity index (χ2v) is 11.1. The Labute approximate surface area is 203 Å². The zero-order chi connectivity index (χ0) is 24.4. The van der Waals surface area contributed by atoms with Gasteiger partial charge < -0.3 is 10.2 Å². The average molecular weight is 463 g/mol.